The van der Waals surface area contributed by atoms with Gasteiger partial charge in [-0.3, -0.25) is 4.79 Å². The molecule has 17 heavy (non-hydrogen) atoms. The standard InChI is InChI=1S/C10H8Cl3N3O/c11-10(12,13)8-3-1-7(2-4-8)9(17)5-6-15-16-14/h1-4H,5-6H2. The normalized spacial score (nSPS) is 10.8. The van der Waals surface area contributed by atoms with Crippen LogP contribution in [0.3, 0.4) is 0 Å². The molecule has 0 aliphatic heterocycles. The van der Waals surface area contributed by atoms with Crippen LogP contribution in [0.15, 0.2) is 29.4 Å². The van der Waals surface area contributed by atoms with Crippen molar-refractivity contribution in [1.82, 2.24) is 0 Å². The molecule has 1 rings (SSSR count). The van der Waals surface area contributed by atoms with Gasteiger partial charge in [-0.1, -0.05) is 64.2 Å². The first-order chi connectivity index (χ1) is 7.95. The lowest BCUT2D eigenvalue weighted by molar-refractivity contribution is 0.0985. The zero-order valence-corrected chi connectivity index (χ0v) is 10.9. The fourth-order valence-electron chi connectivity index (χ4n) is 1.19. The lowest BCUT2D eigenvalue weighted by atomic mass is 10.1. The maximum atomic E-state index is 11.6. The first-order valence-electron chi connectivity index (χ1n) is 4.66. The Hall–Kier alpha value is -0.930. The third kappa shape index (κ3) is 4.44. The van der Waals surface area contributed by atoms with E-state index in [-0.39, 0.29) is 18.7 Å². The lowest BCUT2D eigenvalue weighted by Gasteiger charge is -2.11. The van der Waals surface area contributed by atoms with E-state index < -0.39 is 3.79 Å². The molecule has 1 aromatic rings. The Bertz CT molecular complexity index is 447. The quantitative estimate of drug-likeness (QED) is 0.267. The van der Waals surface area contributed by atoms with E-state index in [0.717, 1.165) is 0 Å². The van der Waals surface area contributed by atoms with Crippen LogP contribution in [-0.2, 0) is 3.79 Å². The van der Waals surface area contributed by atoms with Crippen LogP contribution in [0.25, 0.3) is 10.4 Å². The number of alkyl halides is 3. The van der Waals surface area contributed by atoms with Gasteiger partial charge in [-0.2, -0.15) is 0 Å². The van der Waals surface area contributed by atoms with E-state index in [1.807, 2.05) is 0 Å². The van der Waals surface area contributed by atoms with Crippen molar-refractivity contribution in [2.24, 2.45) is 5.11 Å². The van der Waals surface area contributed by atoms with Gasteiger partial charge in [-0.15, -0.1) is 0 Å². The molecule has 0 amide bonds. The first kappa shape index (κ1) is 14.1. The number of Topliss-reactive ketones (excluding diaryl/α,β-unsaturated/α-hetero) is 1. The molecule has 0 atom stereocenters. The molecule has 7 heteroatoms. The molecule has 1 aromatic carbocycles. The summed E-state index contributed by atoms with van der Waals surface area (Å²) in [5.74, 6) is -0.117. The summed E-state index contributed by atoms with van der Waals surface area (Å²) in [5, 5.41) is 3.29. The highest BCUT2D eigenvalue weighted by molar-refractivity contribution is 6.66. The third-order valence-electron chi connectivity index (χ3n) is 2.04. The van der Waals surface area contributed by atoms with Gasteiger partial charge >= 0.3 is 0 Å². The number of hydrogen-bond donors (Lipinski definition) is 0. The van der Waals surface area contributed by atoms with Gasteiger partial charge in [0, 0.05) is 29.0 Å². The largest absolute Gasteiger partial charge is 0.294 e. The van der Waals surface area contributed by atoms with Crippen LogP contribution in [0, 0.1) is 0 Å². The third-order valence-corrected chi connectivity index (χ3v) is 2.69. The second-order valence-corrected chi connectivity index (χ2v) is 5.48. The van der Waals surface area contributed by atoms with Gasteiger partial charge in [0.2, 0.25) is 3.79 Å². The number of rotatable bonds is 4. The minimum atomic E-state index is -1.49. The Morgan fingerprint density at radius 3 is 2.35 bits per heavy atom. The topological polar surface area (TPSA) is 65.8 Å². The van der Waals surface area contributed by atoms with Gasteiger partial charge < -0.3 is 0 Å². The minimum absolute atomic E-state index is 0.117. The smallest absolute Gasteiger partial charge is 0.216 e. The summed E-state index contributed by atoms with van der Waals surface area (Å²) in [7, 11) is 0. The SMILES string of the molecule is [N-]=[N+]=NCCC(=O)c1ccc(C(Cl)(Cl)Cl)cc1. The molecular weight excluding hydrogens is 284 g/mol. The van der Waals surface area contributed by atoms with Gasteiger partial charge in [0.15, 0.2) is 5.78 Å². The predicted octanol–water partition coefficient (Wildman–Crippen LogP) is 4.40. The Labute approximate surface area is 113 Å². The fourth-order valence-corrected chi connectivity index (χ4v) is 1.56. The number of halogens is 3. The van der Waals surface area contributed by atoms with Gasteiger partial charge in [0.05, 0.1) is 0 Å². The van der Waals surface area contributed by atoms with Crippen LogP contribution in [0.1, 0.15) is 22.3 Å². The van der Waals surface area contributed by atoms with Crippen molar-refractivity contribution in [2.45, 2.75) is 10.2 Å². The molecule has 0 aromatic heterocycles. The monoisotopic (exact) mass is 291 g/mol. The molecule has 0 saturated heterocycles. The van der Waals surface area contributed by atoms with Crippen molar-refractivity contribution < 1.29 is 4.79 Å². The van der Waals surface area contributed by atoms with Crippen molar-refractivity contribution in [1.29, 1.82) is 0 Å². The number of carbonyl (C=O) groups excluding carboxylic acids is 1. The summed E-state index contributed by atoms with van der Waals surface area (Å²) < 4.78 is -1.49. The summed E-state index contributed by atoms with van der Waals surface area (Å²) in [6.45, 7) is 0.140. The summed E-state index contributed by atoms with van der Waals surface area (Å²) in [6.07, 6.45) is 0.164. The maximum Gasteiger partial charge on any atom is 0.216 e. The molecule has 0 spiro atoms. The van der Waals surface area contributed by atoms with E-state index in [2.05, 4.69) is 10.0 Å². The van der Waals surface area contributed by atoms with Crippen molar-refractivity contribution in [3.63, 3.8) is 0 Å². The Morgan fingerprint density at radius 1 is 1.29 bits per heavy atom. The molecule has 90 valence electrons. The summed E-state index contributed by atoms with van der Waals surface area (Å²) in [5.41, 5.74) is 9.07. The first-order valence-corrected chi connectivity index (χ1v) is 5.80. The van der Waals surface area contributed by atoms with E-state index >= 15 is 0 Å². The van der Waals surface area contributed by atoms with Crippen LogP contribution in [0.5, 0.6) is 0 Å². The number of ketones is 1. The predicted molar refractivity (Wildman–Crippen MR) is 68.6 cm³/mol. The highest BCUT2D eigenvalue weighted by Crippen LogP contribution is 2.37. The molecule has 0 fully saturated rings. The lowest BCUT2D eigenvalue weighted by Crippen LogP contribution is -2.03. The van der Waals surface area contributed by atoms with Gasteiger partial charge in [0.25, 0.3) is 0 Å². The minimum Gasteiger partial charge on any atom is -0.294 e. The van der Waals surface area contributed by atoms with Crippen LogP contribution >= 0.6 is 34.8 Å². The fraction of sp³-hybridized carbons (Fsp3) is 0.300. The van der Waals surface area contributed by atoms with E-state index in [0.29, 0.717) is 11.1 Å². The van der Waals surface area contributed by atoms with E-state index in [4.69, 9.17) is 40.3 Å². The van der Waals surface area contributed by atoms with E-state index in [1.54, 1.807) is 24.3 Å². The average Bonchev–Trinajstić information content (AvgIpc) is 2.28. The molecule has 0 saturated carbocycles. The number of azide groups is 1. The molecule has 0 aliphatic rings. The zero-order valence-electron chi connectivity index (χ0n) is 8.61. The van der Waals surface area contributed by atoms with Crippen LogP contribution in [-0.4, -0.2) is 12.3 Å². The zero-order chi connectivity index (χ0) is 12.9. The number of hydrogen-bond acceptors (Lipinski definition) is 2. The van der Waals surface area contributed by atoms with Gasteiger partial charge in [0.1, 0.15) is 0 Å². The van der Waals surface area contributed by atoms with Crippen LogP contribution in [0.4, 0.5) is 0 Å². The molecule has 0 heterocycles. The summed E-state index contributed by atoms with van der Waals surface area (Å²) in [4.78, 5) is 14.2. The number of nitrogens with zero attached hydrogens (tertiary/aromatic N) is 3. The molecule has 0 N–H and O–H groups in total. The number of benzene rings is 1. The van der Waals surface area contributed by atoms with E-state index in [9.17, 15) is 4.79 Å². The Morgan fingerprint density at radius 2 is 1.88 bits per heavy atom. The summed E-state index contributed by atoms with van der Waals surface area (Å²) >= 11 is 17.1. The average molecular weight is 293 g/mol. The molecule has 0 aliphatic carbocycles. The van der Waals surface area contributed by atoms with Crippen LogP contribution in [0.2, 0.25) is 0 Å². The summed E-state index contributed by atoms with van der Waals surface area (Å²) in [6, 6.07) is 6.31. The van der Waals surface area contributed by atoms with Gasteiger partial charge in [-0.05, 0) is 5.53 Å². The van der Waals surface area contributed by atoms with Crippen molar-refractivity contribution in [2.75, 3.05) is 6.54 Å². The Kier molecular flexibility index (Phi) is 5.09. The molecule has 0 unspecified atom stereocenters. The number of carbonyl (C=O) groups is 1. The Balaban J connectivity index is 2.74. The second kappa shape index (κ2) is 6.12. The molecule has 4 nitrogen and oxygen atoms in total. The van der Waals surface area contributed by atoms with Crippen molar-refractivity contribution in [3.8, 4) is 0 Å². The highest BCUT2D eigenvalue weighted by Gasteiger charge is 2.22. The van der Waals surface area contributed by atoms with E-state index in [1.165, 1.54) is 0 Å². The van der Waals surface area contributed by atoms with Crippen molar-refractivity contribution in [3.05, 3.63) is 45.8 Å². The molecule has 0 radical (unpaired) electrons. The maximum absolute atomic E-state index is 11.6. The van der Waals surface area contributed by atoms with Crippen molar-refractivity contribution >= 4 is 40.6 Å². The highest BCUT2D eigenvalue weighted by atomic mass is 35.6. The van der Waals surface area contributed by atoms with Gasteiger partial charge in [-0.25, -0.2) is 0 Å². The van der Waals surface area contributed by atoms with Crippen LogP contribution < -0.4 is 0 Å². The molecular formula is C10H8Cl3N3O. The molecule has 0 bridgehead atoms. The second-order valence-electron chi connectivity index (χ2n) is 3.20.